The molecule has 3 aromatic rings. The number of sulfonamides is 1. The molecule has 0 unspecified atom stereocenters. The molecule has 0 saturated carbocycles. The molecule has 190 valence electrons. The van der Waals surface area contributed by atoms with Gasteiger partial charge in [-0.3, -0.25) is 9.10 Å². The Morgan fingerprint density at radius 2 is 1.67 bits per heavy atom. The van der Waals surface area contributed by atoms with Gasteiger partial charge < -0.3 is 10.1 Å². The van der Waals surface area contributed by atoms with E-state index in [2.05, 4.69) is 17.4 Å². The molecule has 1 saturated heterocycles. The molecule has 0 spiro atoms. The van der Waals surface area contributed by atoms with Gasteiger partial charge in [0.1, 0.15) is 6.54 Å². The van der Waals surface area contributed by atoms with Gasteiger partial charge in [0.25, 0.3) is 10.0 Å². The quantitative estimate of drug-likeness (QED) is 0.447. The summed E-state index contributed by atoms with van der Waals surface area (Å²) in [5.41, 5.74) is 2.90. The number of anilines is 1. The second-order valence-electron chi connectivity index (χ2n) is 9.29. The Bertz CT molecular complexity index is 1310. The number of rotatable bonds is 8. The van der Waals surface area contributed by atoms with E-state index in [1.807, 2.05) is 25.1 Å². The molecule has 36 heavy (non-hydrogen) atoms. The van der Waals surface area contributed by atoms with Gasteiger partial charge in [-0.15, -0.1) is 0 Å². The number of hydrogen-bond donors (Lipinski definition) is 1. The van der Waals surface area contributed by atoms with Crippen molar-refractivity contribution in [2.24, 2.45) is 0 Å². The van der Waals surface area contributed by atoms with Gasteiger partial charge in [-0.25, -0.2) is 8.42 Å². The normalized spacial score (nSPS) is 15.3. The third-order valence-corrected chi connectivity index (χ3v) is 8.81. The molecule has 0 aliphatic carbocycles. The van der Waals surface area contributed by atoms with Crippen LogP contribution in [-0.4, -0.2) is 40.6 Å². The largest absolute Gasteiger partial charge is 0.381 e. The van der Waals surface area contributed by atoms with E-state index in [9.17, 15) is 13.2 Å². The van der Waals surface area contributed by atoms with Gasteiger partial charge in [-0.1, -0.05) is 65.7 Å². The Labute approximate surface area is 218 Å². The van der Waals surface area contributed by atoms with Crippen molar-refractivity contribution in [2.75, 3.05) is 30.6 Å². The van der Waals surface area contributed by atoms with Crippen LogP contribution < -0.4 is 9.62 Å². The Morgan fingerprint density at radius 3 is 2.33 bits per heavy atom. The van der Waals surface area contributed by atoms with Gasteiger partial charge >= 0.3 is 0 Å². The molecule has 4 rings (SSSR count). The second-order valence-corrected chi connectivity index (χ2v) is 11.6. The van der Waals surface area contributed by atoms with Crippen molar-refractivity contribution in [3.05, 3.63) is 94.5 Å². The average Bonchev–Trinajstić information content (AvgIpc) is 2.89. The highest BCUT2D eigenvalue weighted by molar-refractivity contribution is 7.92. The van der Waals surface area contributed by atoms with Crippen molar-refractivity contribution in [3.63, 3.8) is 0 Å². The summed E-state index contributed by atoms with van der Waals surface area (Å²) in [7, 11) is -4.02. The second kappa shape index (κ2) is 11.0. The Morgan fingerprint density at radius 1 is 1.00 bits per heavy atom. The minimum Gasteiger partial charge on any atom is -0.381 e. The lowest BCUT2D eigenvalue weighted by molar-refractivity contribution is -0.120. The summed E-state index contributed by atoms with van der Waals surface area (Å²) < 4.78 is 34.2. The van der Waals surface area contributed by atoms with Gasteiger partial charge in [0.05, 0.1) is 10.6 Å². The van der Waals surface area contributed by atoms with E-state index in [1.54, 1.807) is 49.4 Å². The van der Waals surface area contributed by atoms with Crippen molar-refractivity contribution in [1.29, 1.82) is 0 Å². The fourth-order valence-corrected chi connectivity index (χ4v) is 6.21. The SMILES string of the molecule is Cc1ccc(S(=O)(=O)N(CC(=O)NCC2(c3ccccc3)CCOCC2)c2cc(Cl)ccc2C)cc1. The van der Waals surface area contributed by atoms with Crippen LogP contribution in [-0.2, 0) is 25.0 Å². The molecule has 0 aromatic heterocycles. The van der Waals surface area contributed by atoms with Crippen LogP contribution in [0.25, 0.3) is 0 Å². The molecule has 1 fully saturated rings. The smallest absolute Gasteiger partial charge is 0.264 e. The zero-order chi connectivity index (χ0) is 25.8. The van der Waals surface area contributed by atoms with E-state index in [-0.39, 0.29) is 22.8 Å². The summed E-state index contributed by atoms with van der Waals surface area (Å²) in [5.74, 6) is -0.383. The number of nitrogens with zero attached hydrogens (tertiary/aromatic N) is 1. The van der Waals surface area contributed by atoms with E-state index >= 15 is 0 Å². The summed E-state index contributed by atoms with van der Waals surface area (Å²) in [5, 5.41) is 3.42. The van der Waals surface area contributed by atoms with Crippen LogP contribution in [0.15, 0.2) is 77.7 Å². The Kier molecular flexibility index (Phi) is 8.03. The van der Waals surface area contributed by atoms with Gasteiger partial charge in [-0.2, -0.15) is 0 Å². The molecule has 1 N–H and O–H groups in total. The van der Waals surface area contributed by atoms with Crippen LogP contribution in [0.3, 0.4) is 0 Å². The number of amides is 1. The maximum Gasteiger partial charge on any atom is 0.264 e. The number of hydrogen-bond acceptors (Lipinski definition) is 4. The van der Waals surface area contributed by atoms with Crippen LogP contribution >= 0.6 is 11.6 Å². The molecule has 3 aromatic carbocycles. The molecule has 0 atom stereocenters. The van der Waals surface area contributed by atoms with Crippen LogP contribution in [0.5, 0.6) is 0 Å². The van der Waals surface area contributed by atoms with Gasteiger partial charge in [0.15, 0.2) is 0 Å². The van der Waals surface area contributed by atoms with Crippen LogP contribution in [0.4, 0.5) is 5.69 Å². The zero-order valence-corrected chi connectivity index (χ0v) is 22.1. The number of carbonyl (C=O) groups is 1. The van der Waals surface area contributed by atoms with Crippen LogP contribution in [0.1, 0.15) is 29.5 Å². The predicted molar refractivity (Wildman–Crippen MR) is 143 cm³/mol. The molecule has 0 bridgehead atoms. The lowest BCUT2D eigenvalue weighted by atomic mass is 9.74. The molecule has 1 aliphatic rings. The van der Waals surface area contributed by atoms with E-state index < -0.39 is 10.0 Å². The fourth-order valence-electron chi connectivity index (χ4n) is 4.56. The van der Waals surface area contributed by atoms with Crippen molar-refractivity contribution in [1.82, 2.24) is 5.32 Å². The highest BCUT2D eigenvalue weighted by Gasteiger charge is 2.35. The van der Waals surface area contributed by atoms with Crippen LogP contribution in [0, 0.1) is 13.8 Å². The maximum absolute atomic E-state index is 13.7. The maximum atomic E-state index is 13.7. The minimum atomic E-state index is -4.02. The summed E-state index contributed by atoms with van der Waals surface area (Å²) in [6.07, 6.45) is 1.55. The number of aryl methyl sites for hydroxylation is 2. The average molecular weight is 527 g/mol. The summed E-state index contributed by atoms with van der Waals surface area (Å²) in [6, 6.07) is 21.7. The van der Waals surface area contributed by atoms with Crippen molar-refractivity contribution in [2.45, 2.75) is 37.0 Å². The highest BCUT2D eigenvalue weighted by Crippen LogP contribution is 2.34. The molecule has 0 radical (unpaired) electrons. The van der Waals surface area contributed by atoms with E-state index in [0.29, 0.717) is 36.0 Å². The Balaban J connectivity index is 1.62. The van der Waals surface area contributed by atoms with E-state index in [0.717, 1.165) is 28.3 Å². The predicted octanol–water partition coefficient (Wildman–Crippen LogP) is 5.02. The first-order chi connectivity index (χ1) is 17.2. The number of carbonyl (C=O) groups excluding carboxylic acids is 1. The third-order valence-electron chi connectivity index (χ3n) is 6.80. The molecule has 1 amide bonds. The topological polar surface area (TPSA) is 75.7 Å². The fraction of sp³-hybridized carbons (Fsp3) is 0.321. The monoisotopic (exact) mass is 526 g/mol. The molecule has 6 nitrogen and oxygen atoms in total. The standard InChI is InChI=1S/C28H31ClN2O4S/c1-21-8-12-25(13-9-21)36(33,34)31(26-18-24(29)11-10-22(26)2)19-27(32)30-20-28(14-16-35-17-15-28)23-6-4-3-5-7-23/h3-13,18H,14-17,19-20H2,1-2H3,(H,30,32). The highest BCUT2D eigenvalue weighted by atomic mass is 35.5. The molecule has 1 heterocycles. The number of ether oxygens (including phenoxy) is 1. The van der Waals surface area contributed by atoms with Crippen molar-refractivity contribution >= 4 is 33.2 Å². The molecule has 8 heteroatoms. The zero-order valence-electron chi connectivity index (χ0n) is 20.5. The number of halogens is 1. The van der Waals surface area contributed by atoms with E-state index in [4.69, 9.17) is 16.3 Å². The van der Waals surface area contributed by atoms with Crippen molar-refractivity contribution < 1.29 is 17.9 Å². The Hall–Kier alpha value is -2.87. The minimum absolute atomic E-state index is 0.116. The summed E-state index contributed by atoms with van der Waals surface area (Å²) >= 11 is 6.23. The van der Waals surface area contributed by atoms with Gasteiger partial charge in [0, 0.05) is 30.2 Å². The molecular weight excluding hydrogens is 496 g/mol. The summed E-state index contributed by atoms with van der Waals surface area (Å²) in [4.78, 5) is 13.4. The van der Waals surface area contributed by atoms with Gasteiger partial charge in [-0.05, 0) is 62.1 Å². The third kappa shape index (κ3) is 5.75. The first-order valence-electron chi connectivity index (χ1n) is 12.0. The van der Waals surface area contributed by atoms with Crippen LogP contribution in [0.2, 0.25) is 5.02 Å². The lowest BCUT2D eigenvalue weighted by Crippen LogP contribution is -2.48. The van der Waals surface area contributed by atoms with E-state index in [1.165, 1.54) is 0 Å². The van der Waals surface area contributed by atoms with Crippen molar-refractivity contribution in [3.8, 4) is 0 Å². The first-order valence-corrected chi connectivity index (χ1v) is 13.8. The van der Waals surface area contributed by atoms with Gasteiger partial charge in [0.2, 0.25) is 5.91 Å². The summed E-state index contributed by atoms with van der Waals surface area (Å²) in [6.45, 7) is 4.95. The molecule has 1 aliphatic heterocycles. The lowest BCUT2D eigenvalue weighted by Gasteiger charge is -2.38. The number of benzene rings is 3. The molecular formula is C28H31ClN2O4S. The first kappa shape index (κ1) is 26.2. The number of nitrogens with one attached hydrogen (secondary N) is 1.